The molecule has 0 spiro atoms. The van der Waals surface area contributed by atoms with E-state index >= 15 is 0 Å². The molecule has 4 rings (SSSR count). The van der Waals surface area contributed by atoms with E-state index in [1.807, 2.05) is 12.1 Å². The van der Waals surface area contributed by atoms with E-state index in [-0.39, 0.29) is 11.9 Å². The minimum absolute atomic E-state index is 0.114. The summed E-state index contributed by atoms with van der Waals surface area (Å²) in [7, 11) is 0. The van der Waals surface area contributed by atoms with Crippen molar-refractivity contribution >= 4 is 23.2 Å². The Kier molecular flexibility index (Phi) is 4.86. The third kappa shape index (κ3) is 3.71. The van der Waals surface area contributed by atoms with Crippen molar-refractivity contribution in [3.05, 3.63) is 65.1 Å². The van der Waals surface area contributed by atoms with Gasteiger partial charge in [-0.2, -0.15) is 5.10 Å². The number of fused-ring (bicyclic) bond motifs is 1. The van der Waals surface area contributed by atoms with E-state index in [0.717, 1.165) is 37.5 Å². The molecule has 1 aromatic carbocycles. The van der Waals surface area contributed by atoms with Gasteiger partial charge in [0.2, 0.25) is 0 Å². The van der Waals surface area contributed by atoms with Gasteiger partial charge >= 0.3 is 0 Å². The molecule has 1 saturated heterocycles. The molecule has 1 N–H and O–H groups in total. The molecule has 0 unspecified atom stereocenters. The first-order valence-corrected chi connectivity index (χ1v) is 9.13. The highest BCUT2D eigenvalue weighted by atomic mass is 35.5. The van der Waals surface area contributed by atoms with Crippen molar-refractivity contribution in [3.8, 4) is 0 Å². The average molecular weight is 370 g/mol. The Morgan fingerprint density at radius 2 is 2.15 bits per heavy atom. The van der Waals surface area contributed by atoms with E-state index in [1.54, 1.807) is 29.2 Å². The van der Waals surface area contributed by atoms with Gasteiger partial charge in [-0.3, -0.25) is 9.69 Å². The van der Waals surface area contributed by atoms with E-state index in [2.05, 4.69) is 32.4 Å². The highest BCUT2D eigenvalue weighted by Gasteiger charge is 2.23. The fourth-order valence-electron chi connectivity index (χ4n) is 3.42. The molecule has 0 saturated carbocycles. The number of benzene rings is 1. The van der Waals surface area contributed by atoms with Crippen LogP contribution in [-0.2, 0) is 6.54 Å². The van der Waals surface area contributed by atoms with Gasteiger partial charge < -0.3 is 5.32 Å². The predicted octanol–water partition coefficient (Wildman–Crippen LogP) is 2.78. The molecule has 0 radical (unpaired) electrons. The summed E-state index contributed by atoms with van der Waals surface area (Å²) in [6, 6.07) is 9.85. The summed E-state index contributed by atoms with van der Waals surface area (Å²) in [6.45, 7) is 2.73. The van der Waals surface area contributed by atoms with Crippen molar-refractivity contribution in [2.24, 2.45) is 0 Å². The van der Waals surface area contributed by atoms with Crippen molar-refractivity contribution in [2.75, 3.05) is 13.1 Å². The minimum atomic E-state index is -0.114. The molecule has 0 bridgehead atoms. The Hall–Kier alpha value is -2.44. The van der Waals surface area contributed by atoms with Gasteiger partial charge in [-0.25, -0.2) is 9.50 Å². The lowest BCUT2D eigenvalue weighted by Gasteiger charge is -2.33. The number of nitrogens with zero attached hydrogens (tertiary/aromatic N) is 4. The van der Waals surface area contributed by atoms with Gasteiger partial charge in [0.15, 0.2) is 5.65 Å². The summed E-state index contributed by atoms with van der Waals surface area (Å²) in [4.78, 5) is 19.3. The van der Waals surface area contributed by atoms with Gasteiger partial charge in [-0.05, 0) is 43.1 Å². The molecule has 6 nitrogen and oxygen atoms in total. The molecule has 0 aliphatic carbocycles. The summed E-state index contributed by atoms with van der Waals surface area (Å²) >= 11 is 5.95. The molecule has 1 amide bonds. The number of hydrogen-bond acceptors (Lipinski definition) is 4. The monoisotopic (exact) mass is 369 g/mol. The van der Waals surface area contributed by atoms with E-state index in [4.69, 9.17) is 11.6 Å². The van der Waals surface area contributed by atoms with E-state index < -0.39 is 0 Å². The number of carbonyl (C=O) groups excluding carboxylic acids is 1. The average Bonchev–Trinajstić information content (AvgIpc) is 3.08. The molecular weight excluding hydrogens is 350 g/mol. The quantitative estimate of drug-likeness (QED) is 0.768. The summed E-state index contributed by atoms with van der Waals surface area (Å²) < 4.78 is 1.61. The van der Waals surface area contributed by atoms with Gasteiger partial charge in [0.05, 0.1) is 6.20 Å². The zero-order valence-corrected chi connectivity index (χ0v) is 15.1. The maximum Gasteiger partial charge on any atom is 0.257 e. The lowest BCUT2D eigenvalue weighted by molar-refractivity contribution is 0.0902. The lowest BCUT2D eigenvalue weighted by atomic mass is 10.0. The number of halogens is 1. The highest BCUT2D eigenvalue weighted by Crippen LogP contribution is 2.16. The minimum Gasteiger partial charge on any atom is -0.348 e. The standard InChI is InChI=1S/C19H20ClN5O/c20-15-6-4-14(5-7-15)12-24-9-1-3-16(13-24)23-19(26)17-11-22-25-10-2-8-21-18(17)25/h2,4-8,10-11,16H,1,3,9,12-13H2,(H,23,26)/t16-/m1/s1. The van der Waals surface area contributed by atoms with Crippen LogP contribution < -0.4 is 5.32 Å². The maximum absolute atomic E-state index is 12.7. The third-order valence-corrected chi connectivity index (χ3v) is 4.94. The number of carbonyl (C=O) groups is 1. The number of rotatable bonds is 4. The lowest BCUT2D eigenvalue weighted by Crippen LogP contribution is -2.47. The number of piperidine rings is 1. The summed E-state index contributed by atoms with van der Waals surface area (Å²) in [5.74, 6) is -0.114. The molecule has 134 valence electrons. The largest absolute Gasteiger partial charge is 0.348 e. The molecule has 1 aliphatic heterocycles. The molecular formula is C19H20ClN5O. The second-order valence-corrected chi connectivity index (χ2v) is 7.06. The molecule has 1 aliphatic rings. The van der Waals surface area contributed by atoms with Crippen LogP contribution in [-0.4, -0.2) is 44.5 Å². The Morgan fingerprint density at radius 1 is 1.31 bits per heavy atom. The number of aromatic nitrogens is 3. The van der Waals surface area contributed by atoms with E-state index in [1.165, 1.54) is 5.56 Å². The SMILES string of the molecule is O=C(N[C@@H]1CCCN(Cc2ccc(Cl)cc2)C1)c1cnn2cccnc12. The van der Waals surface area contributed by atoms with Crippen molar-refractivity contribution in [1.29, 1.82) is 0 Å². The smallest absolute Gasteiger partial charge is 0.257 e. The van der Waals surface area contributed by atoms with Crippen LogP contribution >= 0.6 is 11.6 Å². The molecule has 1 atom stereocenters. The maximum atomic E-state index is 12.7. The van der Waals surface area contributed by atoms with E-state index in [0.29, 0.717) is 11.2 Å². The predicted molar refractivity (Wildman–Crippen MR) is 100 cm³/mol. The van der Waals surface area contributed by atoms with Gasteiger partial charge in [0, 0.05) is 36.5 Å². The molecule has 1 fully saturated rings. The highest BCUT2D eigenvalue weighted by molar-refractivity contribution is 6.30. The van der Waals surface area contributed by atoms with Crippen molar-refractivity contribution in [3.63, 3.8) is 0 Å². The fraction of sp³-hybridized carbons (Fsp3) is 0.316. The summed E-state index contributed by atoms with van der Waals surface area (Å²) in [5.41, 5.74) is 2.33. The Morgan fingerprint density at radius 3 is 3.00 bits per heavy atom. The van der Waals surface area contributed by atoms with E-state index in [9.17, 15) is 4.79 Å². The fourth-order valence-corrected chi connectivity index (χ4v) is 3.54. The number of hydrogen-bond donors (Lipinski definition) is 1. The third-order valence-electron chi connectivity index (χ3n) is 4.68. The molecule has 3 aromatic rings. The first kappa shape index (κ1) is 17.0. The molecule has 26 heavy (non-hydrogen) atoms. The van der Waals surface area contributed by atoms with Crippen LogP contribution in [0.5, 0.6) is 0 Å². The molecule has 2 aromatic heterocycles. The zero-order chi connectivity index (χ0) is 17.9. The van der Waals surface area contributed by atoms with Gasteiger partial charge in [0.25, 0.3) is 5.91 Å². The normalized spacial score (nSPS) is 18.1. The van der Waals surface area contributed by atoms with Gasteiger partial charge in [-0.15, -0.1) is 0 Å². The van der Waals surface area contributed by atoms with Crippen molar-refractivity contribution in [2.45, 2.75) is 25.4 Å². The summed E-state index contributed by atoms with van der Waals surface area (Å²) in [6.07, 6.45) is 7.07. The topological polar surface area (TPSA) is 62.5 Å². The van der Waals surface area contributed by atoms with Crippen LogP contribution in [0.15, 0.2) is 48.9 Å². The van der Waals surface area contributed by atoms with Crippen LogP contribution in [0.4, 0.5) is 0 Å². The van der Waals surface area contributed by atoms with Crippen molar-refractivity contribution in [1.82, 2.24) is 24.8 Å². The van der Waals surface area contributed by atoms with Gasteiger partial charge in [-0.1, -0.05) is 23.7 Å². The van der Waals surface area contributed by atoms with Crippen LogP contribution in [0.2, 0.25) is 5.02 Å². The molecule has 7 heteroatoms. The van der Waals surface area contributed by atoms with Gasteiger partial charge in [0.1, 0.15) is 5.56 Å². The Labute approximate surface area is 156 Å². The second kappa shape index (κ2) is 7.43. The van der Waals surface area contributed by atoms with Crippen LogP contribution in [0, 0.1) is 0 Å². The number of nitrogens with one attached hydrogen (secondary N) is 1. The zero-order valence-electron chi connectivity index (χ0n) is 14.3. The molecule has 3 heterocycles. The van der Waals surface area contributed by atoms with Crippen molar-refractivity contribution < 1.29 is 4.79 Å². The first-order chi connectivity index (χ1) is 12.7. The Bertz CT molecular complexity index is 908. The summed E-state index contributed by atoms with van der Waals surface area (Å²) in [5, 5.41) is 8.08. The Balaban J connectivity index is 1.40. The van der Waals surface area contributed by atoms with Crippen LogP contribution in [0.3, 0.4) is 0 Å². The number of amides is 1. The van der Waals surface area contributed by atoms with Crippen LogP contribution in [0.1, 0.15) is 28.8 Å². The second-order valence-electron chi connectivity index (χ2n) is 6.62. The number of likely N-dealkylation sites (tertiary alicyclic amines) is 1. The first-order valence-electron chi connectivity index (χ1n) is 8.75. The van der Waals surface area contributed by atoms with Crippen LogP contribution in [0.25, 0.3) is 5.65 Å².